The standard InChI is InChI=1S/C13H16N4O/c14-8-11-4-2-6-17(11)13(18)7-12(15)10-3-1-5-16-9-10/h1,3,5,9,11-12H,2,4,6-7,15H2. The summed E-state index contributed by atoms with van der Waals surface area (Å²) in [5.74, 6) is -0.0459. The normalized spacial score (nSPS) is 20.4. The SMILES string of the molecule is N#CC1CCCN1C(=O)CC(N)c1cccnc1. The predicted octanol–water partition coefficient (Wildman–Crippen LogP) is 0.986. The van der Waals surface area contributed by atoms with Gasteiger partial charge in [-0.15, -0.1) is 0 Å². The second-order valence-electron chi connectivity index (χ2n) is 4.47. The fourth-order valence-corrected chi connectivity index (χ4v) is 2.22. The van der Waals surface area contributed by atoms with Crippen LogP contribution in [0.4, 0.5) is 0 Å². The van der Waals surface area contributed by atoms with Crippen molar-refractivity contribution >= 4 is 5.91 Å². The topological polar surface area (TPSA) is 83.0 Å². The van der Waals surface area contributed by atoms with E-state index in [1.807, 2.05) is 6.07 Å². The molecule has 0 saturated carbocycles. The number of pyridine rings is 1. The molecule has 1 saturated heterocycles. The van der Waals surface area contributed by atoms with Crippen molar-refractivity contribution < 1.29 is 4.79 Å². The summed E-state index contributed by atoms with van der Waals surface area (Å²) in [6.07, 6.45) is 5.23. The first-order chi connectivity index (χ1) is 8.72. The van der Waals surface area contributed by atoms with Crippen LogP contribution in [0, 0.1) is 11.3 Å². The van der Waals surface area contributed by atoms with Gasteiger partial charge in [-0.1, -0.05) is 6.07 Å². The summed E-state index contributed by atoms with van der Waals surface area (Å²) in [7, 11) is 0. The second kappa shape index (κ2) is 5.61. The maximum absolute atomic E-state index is 12.1. The first-order valence-electron chi connectivity index (χ1n) is 6.07. The molecule has 2 N–H and O–H groups in total. The molecule has 1 aromatic heterocycles. The smallest absolute Gasteiger partial charge is 0.225 e. The summed E-state index contributed by atoms with van der Waals surface area (Å²) in [4.78, 5) is 17.7. The molecule has 1 fully saturated rings. The number of nitrogens with two attached hydrogens (primary N) is 1. The molecule has 1 amide bonds. The summed E-state index contributed by atoms with van der Waals surface area (Å²) in [6, 6.07) is 5.18. The van der Waals surface area contributed by atoms with Crippen LogP contribution in [-0.2, 0) is 4.79 Å². The van der Waals surface area contributed by atoms with Crippen molar-refractivity contribution in [3.05, 3.63) is 30.1 Å². The number of aromatic nitrogens is 1. The molecule has 0 aromatic carbocycles. The van der Waals surface area contributed by atoms with Crippen molar-refractivity contribution in [3.63, 3.8) is 0 Å². The lowest BCUT2D eigenvalue weighted by molar-refractivity contribution is -0.131. The average molecular weight is 244 g/mol. The van der Waals surface area contributed by atoms with Crippen molar-refractivity contribution in [3.8, 4) is 6.07 Å². The zero-order valence-electron chi connectivity index (χ0n) is 10.1. The fourth-order valence-electron chi connectivity index (χ4n) is 2.22. The van der Waals surface area contributed by atoms with Crippen molar-refractivity contribution in [2.45, 2.75) is 31.3 Å². The van der Waals surface area contributed by atoms with Crippen LogP contribution < -0.4 is 5.73 Å². The van der Waals surface area contributed by atoms with E-state index in [-0.39, 0.29) is 24.4 Å². The molecule has 1 aliphatic heterocycles. The average Bonchev–Trinajstić information content (AvgIpc) is 2.88. The zero-order chi connectivity index (χ0) is 13.0. The van der Waals surface area contributed by atoms with Gasteiger partial charge in [0.2, 0.25) is 5.91 Å². The molecule has 0 bridgehead atoms. The first-order valence-corrected chi connectivity index (χ1v) is 6.07. The van der Waals surface area contributed by atoms with E-state index in [2.05, 4.69) is 11.1 Å². The zero-order valence-corrected chi connectivity index (χ0v) is 10.1. The van der Waals surface area contributed by atoms with Crippen LogP contribution in [0.5, 0.6) is 0 Å². The Balaban J connectivity index is 1.98. The highest BCUT2D eigenvalue weighted by atomic mass is 16.2. The number of likely N-dealkylation sites (tertiary alicyclic amines) is 1. The highest BCUT2D eigenvalue weighted by molar-refractivity contribution is 5.78. The van der Waals surface area contributed by atoms with Gasteiger partial charge in [0.25, 0.3) is 0 Å². The number of rotatable bonds is 3. The quantitative estimate of drug-likeness (QED) is 0.859. The highest BCUT2D eigenvalue weighted by Crippen LogP contribution is 2.20. The molecule has 1 aromatic rings. The Morgan fingerprint density at radius 2 is 2.56 bits per heavy atom. The van der Waals surface area contributed by atoms with Crippen LogP contribution in [0.25, 0.3) is 0 Å². The number of nitrogens with zero attached hydrogens (tertiary/aromatic N) is 3. The van der Waals surface area contributed by atoms with Gasteiger partial charge in [-0.05, 0) is 24.5 Å². The Labute approximate surface area is 106 Å². The molecular formula is C13H16N4O. The van der Waals surface area contributed by atoms with Gasteiger partial charge >= 0.3 is 0 Å². The minimum absolute atomic E-state index is 0.0459. The Morgan fingerprint density at radius 3 is 3.22 bits per heavy atom. The third kappa shape index (κ3) is 2.66. The van der Waals surface area contributed by atoms with Gasteiger partial charge in [0.05, 0.1) is 6.07 Å². The number of nitriles is 1. The molecule has 0 aliphatic carbocycles. The van der Waals surface area contributed by atoms with Crippen LogP contribution in [0.3, 0.4) is 0 Å². The Morgan fingerprint density at radius 1 is 1.72 bits per heavy atom. The van der Waals surface area contributed by atoms with E-state index in [0.29, 0.717) is 6.54 Å². The molecule has 0 spiro atoms. The molecule has 1 aliphatic rings. The van der Waals surface area contributed by atoms with Gasteiger partial charge in [-0.3, -0.25) is 9.78 Å². The number of amides is 1. The lowest BCUT2D eigenvalue weighted by atomic mass is 10.1. The summed E-state index contributed by atoms with van der Waals surface area (Å²) < 4.78 is 0. The predicted molar refractivity (Wildman–Crippen MR) is 66.1 cm³/mol. The van der Waals surface area contributed by atoms with E-state index in [9.17, 15) is 4.79 Å². The Kier molecular flexibility index (Phi) is 3.90. The van der Waals surface area contributed by atoms with Crippen molar-refractivity contribution in [2.24, 2.45) is 5.73 Å². The molecule has 5 nitrogen and oxygen atoms in total. The molecule has 0 radical (unpaired) electrons. The Hall–Kier alpha value is -1.93. The van der Waals surface area contributed by atoms with Gasteiger partial charge in [-0.2, -0.15) is 5.26 Å². The molecular weight excluding hydrogens is 228 g/mol. The van der Waals surface area contributed by atoms with Gasteiger partial charge in [0, 0.05) is 31.4 Å². The maximum Gasteiger partial charge on any atom is 0.225 e. The molecule has 2 atom stereocenters. The van der Waals surface area contributed by atoms with E-state index in [1.54, 1.807) is 23.4 Å². The van der Waals surface area contributed by atoms with Crippen LogP contribution in [-0.4, -0.2) is 28.4 Å². The van der Waals surface area contributed by atoms with Crippen LogP contribution in [0.2, 0.25) is 0 Å². The van der Waals surface area contributed by atoms with Crippen LogP contribution in [0.1, 0.15) is 30.9 Å². The molecule has 2 rings (SSSR count). The van der Waals surface area contributed by atoms with Gasteiger partial charge in [-0.25, -0.2) is 0 Å². The minimum atomic E-state index is -0.355. The molecule has 2 heterocycles. The van der Waals surface area contributed by atoms with Crippen LogP contribution >= 0.6 is 0 Å². The van der Waals surface area contributed by atoms with Crippen molar-refractivity contribution in [1.82, 2.24) is 9.88 Å². The first kappa shape index (κ1) is 12.5. The van der Waals surface area contributed by atoms with E-state index < -0.39 is 0 Å². The number of carbonyl (C=O) groups is 1. The van der Waals surface area contributed by atoms with E-state index in [1.165, 1.54) is 0 Å². The second-order valence-corrected chi connectivity index (χ2v) is 4.47. The third-order valence-electron chi connectivity index (χ3n) is 3.23. The number of hydrogen-bond acceptors (Lipinski definition) is 4. The Bertz CT molecular complexity index is 454. The highest BCUT2D eigenvalue weighted by Gasteiger charge is 2.29. The summed E-state index contributed by atoms with van der Waals surface area (Å²) in [5.41, 5.74) is 6.83. The lowest BCUT2D eigenvalue weighted by Crippen LogP contribution is -2.36. The summed E-state index contributed by atoms with van der Waals surface area (Å²) in [5, 5.41) is 8.95. The summed E-state index contributed by atoms with van der Waals surface area (Å²) in [6.45, 7) is 0.664. The van der Waals surface area contributed by atoms with E-state index >= 15 is 0 Å². The van der Waals surface area contributed by atoms with Crippen molar-refractivity contribution in [1.29, 1.82) is 5.26 Å². The summed E-state index contributed by atoms with van der Waals surface area (Å²) >= 11 is 0. The van der Waals surface area contributed by atoms with Gasteiger partial charge in [0.1, 0.15) is 6.04 Å². The largest absolute Gasteiger partial charge is 0.327 e. The molecule has 2 unspecified atom stereocenters. The monoisotopic (exact) mass is 244 g/mol. The van der Waals surface area contributed by atoms with Gasteiger partial charge < -0.3 is 10.6 Å². The van der Waals surface area contributed by atoms with Crippen LogP contribution in [0.15, 0.2) is 24.5 Å². The van der Waals surface area contributed by atoms with E-state index in [0.717, 1.165) is 18.4 Å². The minimum Gasteiger partial charge on any atom is -0.327 e. The lowest BCUT2D eigenvalue weighted by Gasteiger charge is -2.21. The fraction of sp³-hybridized carbons (Fsp3) is 0.462. The number of hydrogen-bond donors (Lipinski definition) is 1. The van der Waals surface area contributed by atoms with Crippen molar-refractivity contribution in [2.75, 3.05) is 6.54 Å². The maximum atomic E-state index is 12.1. The molecule has 94 valence electrons. The molecule has 18 heavy (non-hydrogen) atoms. The molecule has 5 heteroatoms. The van der Waals surface area contributed by atoms with Gasteiger partial charge in [0.15, 0.2) is 0 Å². The third-order valence-corrected chi connectivity index (χ3v) is 3.23. The number of carbonyl (C=O) groups excluding carboxylic acids is 1. The van der Waals surface area contributed by atoms with E-state index in [4.69, 9.17) is 11.0 Å².